The number of nitrogen functional groups attached to an aromatic ring is 1. The van der Waals surface area contributed by atoms with Crippen LogP contribution in [0.5, 0.6) is 5.88 Å². The Morgan fingerprint density at radius 1 is 1.53 bits per heavy atom. The van der Waals surface area contributed by atoms with Crippen LogP contribution >= 0.6 is 11.3 Å². The Kier molecular flexibility index (Phi) is 3.66. The highest BCUT2D eigenvalue weighted by atomic mass is 32.1. The van der Waals surface area contributed by atoms with Gasteiger partial charge in [0.05, 0.1) is 23.4 Å². The molecule has 0 aliphatic carbocycles. The zero-order valence-electron chi connectivity index (χ0n) is 10.9. The second-order valence-electron chi connectivity index (χ2n) is 3.94. The molecular formula is C12H14N4O2S. The number of aryl methyl sites for hydroxylation is 1. The summed E-state index contributed by atoms with van der Waals surface area (Å²) < 4.78 is 5.02. The number of nitrogens with two attached hydrogens (primary N) is 1. The van der Waals surface area contributed by atoms with Crippen molar-refractivity contribution in [3.8, 4) is 16.3 Å². The van der Waals surface area contributed by atoms with E-state index in [0.29, 0.717) is 16.7 Å². The number of nitrogens with one attached hydrogen (secondary N) is 1. The van der Waals surface area contributed by atoms with Crippen molar-refractivity contribution in [1.82, 2.24) is 9.97 Å². The predicted octanol–water partition coefficient (Wildman–Crippen LogP) is 2.06. The topological polar surface area (TPSA) is 90.1 Å². The maximum absolute atomic E-state index is 11.0. The minimum atomic E-state index is -0.146. The third-order valence-corrected chi connectivity index (χ3v) is 3.54. The number of amides is 1. The average molecular weight is 278 g/mol. The van der Waals surface area contributed by atoms with E-state index in [0.717, 1.165) is 16.1 Å². The molecule has 6 nitrogen and oxygen atoms in total. The summed E-state index contributed by atoms with van der Waals surface area (Å²) in [5.41, 5.74) is 7.97. The number of carbonyl (C=O) groups excluding carboxylic acids is 1. The molecule has 19 heavy (non-hydrogen) atoms. The summed E-state index contributed by atoms with van der Waals surface area (Å²) in [7, 11) is 1.52. The van der Waals surface area contributed by atoms with Crippen LogP contribution in [0, 0.1) is 6.92 Å². The first-order valence-corrected chi connectivity index (χ1v) is 6.37. The summed E-state index contributed by atoms with van der Waals surface area (Å²) in [6.07, 6.45) is 1.67. The fourth-order valence-electron chi connectivity index (χ4n) is 1.63. The van der Waals surface area contributed by atoms with Gasteiger partial charge in [-0.25, -0.2) is 9.97 Å². The number of methoxy groups -OCH3 is 1. The lowest BCUT2D eigenvalue weighted by Gasteiger charge is -2.04. The van der Waals surface area contributed by atoms with Gasteiger partial charge in [-0.3, -0.25) is 4.79 Å². The van der Waals surface area contributed by atoms with Crippen LogP contribution in [0.25, 0.3) is 10.4 Å². The lowest BCUT2D eigenvalue weighted by Crippen LogP contribution is -2.04. The molecule has 0 unspecified atom stereocenters. The normalized spacial score (nSPS) is 10.3. The van der Waals surface area contributed by atoms with Gasteiger partial charge in [0.1, 0.15) is 0 Å². The van der Waals surface area contributed by atoms with Gasteiger partial charge < -0.3 is 15.8 Å². The molecule has 0 bridgehead atoms. The summed E-state index contributed by atoms with van der Waals surface area (Å²) in [5, 5.41) is 3.23. The van der Waals surface area contributed by atoms with Crippen LogP contribution < -0.4 is 15.8 Å². The molecule has 0 fully saturated rings. The minimum absolute atomic E-state index is 0.146. The molecule has 0 saturated carbocycles. The maximum Gasteiger partial charge on any atom is 0.236 e. The highest BCUT2D eigenvalue weighted by Gasteiger charge is 2.12. The number of anilines is 2. The Morgan fingerprint density at radius 3 is 2.84 bits per heavy atom. The number of hydrogen-bond acceptors (Lipinski definition) is 6. The van der Waals surface area contributed by atoms with Crippen molar-refractivity contribution in [2.24, 2.45) is 0 Å². The van der Waals surface area contributed by atoms with Gasteiger partial charge in [-0.05, 0) is 13.0 Å². The van der Waals surface area contributed by atoms with Crippen LogP contribution in [0.4, 0.5) is 10.8 Å². The number of pyridine rings is 1. The fraction of sp³-hybridized carbons (Fsp3) is 0.250. The smallest absolute Gasteiger partial charge is 0.236 e. The molecule has 0 aromatic carbocycles. The summed E-state index contributed by atoms with van der Waals surface area (Å²) in [4.78, 5) is 20.4. The summed E-state index contributed by atoms with van der Waals surface area (Å²) >= 11 is 1.38. The number of rotatable bonds is 3. The zero-order valence-corrected chi connectivity index (χ0v) is 11.7. The Labute approximate surface area is 114 Å². The van der Waals surface area contributed by atoms with Gasteiger partial charge in [0.2, 0.25) is 11.8 Å². The van der Waals surface area contributed by atoms with Crippen molar-refractivity contribution in [3.63, 3.8) is 0 Å². The second-order valence-corrected chi connectivity index (χ2v) is 4.94. The third-order valence-electron chi connectivity index (χ3n) is 2.41. The van der Waals surface area contributed by atoms with Crippen LogP contribution in [-0.2, 0) is 4.79 Å². The lowest BCUT2D eigenvalue weighted by molar-refractivity contribution is -0.114. The van der Waals surface area contributed by atoms with Gasteiger partial charge in [0.25, 0.3) is 0 Å². The molecule has 100 valence electrons. The van der Waals surface area contributed by atoms with Gasteiger partial charge in [0, 0.05) is 18.7 Å². The van der Waals surface area contributed by atoms with Crippen molar-refractivity contribution in [3.05, 3.63) is 18.0 Å². The molecule has 0 aliphatic heterocycles. The van der Waals surface area contributed by atoms with E-state index in [1.165, 1.54) is 25.4 Å². The molecule has 0 radical (unpaired) electrons. The SMILES string of the molecule is COc1ncc(-c2sc(NC(C)=O)nc2C)cc1N. The van der Waals surface area contributed by atoms with Crippen molar-refractivity contribution >= 4 is 28.1 Å². The molecule has 1 amide bonds. The summed E-state index contributed by atoms with van der Waals surface area (Å²) in [5.74, 6) is 0.251. The van der Waals surface area contributed by atoms with Gasteiger partial charge in [-0.15, -0.1) is 0 Å². The fourth-order valence-corrected chi connectivity index (χ4v) is 2.63. The molecule has 0 saturated heterocycles. The predicted molar refractivity (Wildman–Crippen MR) is 75.4 cm³/mol. The van der Waals surface area contributed by atoms with Crippen molar-refractivity contribution in [2.75, 3.05) is 18.2 Å². The van der Waals surface area contributed by atoms with E-state index in [9.17, 15) is 4.79 Å². The zero-order chi connectivity index (χ0) is 14.0. The Balaban J connectivity index is 2.38. The van der Waals surface area contributed by atoms with Gasteiger partial charge in [0.15, 0.2) is 5.13 Å². The molecule has 2 aromatic rings. The van der Waals surface area contributed by atoms with Gasteiger partial charge in [-0.1, -0.05) is 11.3 Å². The van der Waals surface area contributed by atoms with Crippen LogP contribution in [-0.4, -0.2) is 23.0 Å². The van der Waals surface area contributed by atoms with Gasteiger partial charge in [-0.2, -0.15) is 0 Å². The molecule has 2 rings (SSSR count). The Bertz CT molecular complexity index is 624. The van der Waals surface area contributed by atoms with Crippen molar-refractivity contribution in [2.45, 2.75) is 13.8 Å². The quantitative estimate of drug-likeness (QED) is 0.897. The van der Waals surface area contributed by atoms with E-state index in [1.54, 1.807) is 12.3 Å². The largest absolute Gasteiger partial charge is 0.480 e. The molecule has 0 atom stereocenters. The Morgan fingerprint density at radius 2 is 2.26 bits per heavy atom. The van der Waals surface area contributed by atoms with Crippen molar-refractivity contribution < 1.29 is 9.53 Å². The van der Waals surface area contributed by atoms with E-state index >= 15 is 0 Å². The second kappa shape index (κ2) is 5.23. The molecular weight excluding hydrogens is 264 g/mol. The van der Waals surface area contributed by atoms with Crippen LogP contribution in [0.2, 0.25) is 0 Å². The van der Waals surface area contributed by atoms with Crippen LogP contribution in [0.1, 0.15) is 12.6 Å². The van der Waals surface area contributed by atoms with E-state index in [-0.39, 0.29) is 5.91 Å². The first-order valence-electron chi connectivity index (χ1n) is 5.56. The molecule has 0 aliphatic rings. The van der Waals surface area contributed by atoms with Crippen LogP contribution in [0.3, 0.4) is 0 Å². The summed E-state index contributed by atoms with van der Waals surface area (Å²) in [6.45, 7) is 3.32. The summed E-state index contributed by atoms with van der Waals surface area (Å²) in [6, 6.07) is 1.78. The van der Waals surface area contributed by atoms with E-state index in [1.807, 2.05) is 6.92 Å². The minimum Gasteiger partial charge on any atom is -0.480 e. The highest BCUT2D eigenvalue weighted by molar-refractivity contribution is 7.19. The average Bonchev–Trinajstić information content (AvgIpc) is 2.69. The number of thiazole rings is 1. The van der Waals surface area contributed by atoms with Gasteiger partial charge >= 0.3 is 0 Å². The first kappa shape index (κ1) is 13.3. The molecule has 3 N–H and O–H groups in total. The lowest BCUT2D eigenvalue weighted by atomic mass is 10.2. The molecule has 0 spiro atoms. The number of aromatic nitrogens is 2. The van der Waals surface area contributed by atoms with Crippen LogP contribution in [0.15, 0.2) is 12.3 Å². The monoisotopic (exact) mass is 278 g/mol. The van der Waals surface area contributed by atoms with E-state index in [4.69, 9.17) is 10.5 Å². The number of carbonyl (C=O) groups is 1. The standard InChI is InChI=1S/C12H14N4O2S/c1-6-10(19-12(15-6)16-7(2)17)8-4-9(13)11(18-3)14-5-8/h4-5H,13H2,1-3H3,(H,15,16,17). The molecule has 2 aromatic heterocycles. The molecule has 7 heteroatoms. The molecule has 2 heterocycles. The van der Waals surface area contributed by atoms with E-state index in [2.05, 4.69) is 15.3 Å². The highest BCUT2D eigenvalue weighted by Crippen LogP contribution is 2.34. The number of ether oxygens (including phenoxy) is 1. The van der Waals surface area contributed by atoms with E-state index < -0.39 is 0 Å². The number of hydrogen-bond donors (Lipinski definition) is 2. The number of nitrogens with zero attached hydrogens (tertiary/aromatic N) is 2. The maximum atomic E-state index is 11.0. The Hall–Kier alpha value is -2.15. The first-order chi connectivity index (χ1) is 9.01. The van der Waals surface area contributed by atoms with Crippen molar-refractivity contribution in [1.29, 1.82) is 0 Å². The third kappa shape index (κ3) is 2.82.